The summed E-state index contributed by atoms with van der Waals surface area (Å²) in [5, 5.41) is 11.4. The van der Waals surface area contributed by atoms with E-state index in [2.05, 4.69) is 20.7 Å². The van der Waals surface area contributed by atoms with Crippen LogP contribution >= 0.6 is 23.2 Å². The average Bonchev–Trinajstić information content (AvgIpc) is 3.75. The van der Waals surface area contributed by atoms with Gasteiger partial charge in [-0.25, -0.2) is 4.68 Å². The van der Waals surface area contributed by atoms with Crippen LogP contribution in [0, 0.1) is 17.8 Å². The number of primary amides is 1. The van der Waals surface area contributed by atoms with Crippen molar-refractivity contribution in [1.82, 2.24) is 25.4 Å². The number of hydrogen-bond donors (Lipinski definition) is 3. The molecule has 11 heteroatoms. The van der Waals surface area contributed by atoms with Gasteiger partial charge in [-0.1, -0.05) is 53.5 Å². The number of pyridine rings is 1. The number of carbonyl (C=O) groups excluding carboxylic acids is 3. The van der Waals surface area contributed by atoms with Crippen LogP contribution in [0.2, 0.25) is 10.0 Å². The summed E-state index contributed by atoms with van der Waals surface area (Å²) in [5.41, 5.74) is 8.78. The summed E-state index contributed by atoms with van der Waals surface area (Å²) in [7, 11) is 0. The van der Waals surface area contributed by atoms with Gasteiger partial charge >= 0.3 is 0 Å². The fourth-order valence-electron chi connectivity index (χ4n) is 6.47. The largest absolute Gasteiger partial charge is 0.368 e. The molecule has 0 spiro atoms. The molecule has 0 aliphatic heterocycles. The van der Waals surface area contributed by atoms with Crippen molar-refractivity contribution in [1.29, 1.82) is 0 Å². The Hall–Kier alpha value is -4.21. The van der Waals surface area contributed by atoms with Gasteiger partial charge in [0.2, 0.25) is 11.8 Å². The average molecular weight is 618 g/mol. The molecule has 220 valence electrons. The van der Waals surface area contributed by atoms with Crippen LogP contribution in [-0.4, -0.2) is 44.6 Å². The van der Waals surface area contributed by atoms with Gasteiger partial charge in [0.05, 0.1) is 27.3 Å². The lowest BCUT2D eigenvalue weighted by atomic mass is 9.83. The zero-order chi connectivity index (χ0) is 30.1. The minimum absolute atomic E-state index is 0.111. The van der Waals surface area contributed by atoms with E-state index in [0.29, 0.717) is 27.8 Å². The van der Waals surface area contributed by atoms with E-state index >= 15 is 0 Å². The van der Waals surface area contributed by atoms with E-state index in [1.54, 1.807) is 47.4 Å². The third kappa shape index (κ3) is 6.00. The van der Waals surface area contributed by atoms with E-state index in [4.69, 9.17) is 28.9 Å². The molecule has 0 saturated heterocycles. The number of nitrogens with one attached hydrogen (secondary N) is 2. The zero-order valence-electron chi connectivity index (χ0n) is 23.1. The number of aromatic nitrogens is 3. The highest BCUT2D eigenvalue weighted by atomic mass is 35.5. The van der Waals surface area contributed by atoms with E-state index in [-0.39, 0.29) is 23.4 Å². The molecular formula is C32H30Cl2N6O3. The second kappa shape index (κ2) is 12.2. The van der Waals surface area contributed by atoms with Crippen LogP contribution in [0.5, 0.6) is 0 Å². The predicted octanol–water partition coefficient (Wildman–Crippen LogP) is 4.60. The van der Waals surface area contributed by atoms with Gasteiger partial charge in [0.15, 0.2) is 5.69 Å². The molecule has 2 aliphatic carbocycles. The van der Waals surface area contributed by atoms with Gasteiger partial charge in [0.1, 0.15) is 6.04 Å². The van der Waals surface area contributed by atoms with Crippen LogP contribution in [0.3, 0.4) is 0 Å². The van der Waals surface area contributed by atoms with Gasteiger partial charge in [-0.2, -0.15) is 5.10 Å². The van der Waals surface area contributed by atoms with Crippen LogP contribution in [0.25, 0.3) is 16.9 Å². The molecule has 2 aromatic carbocycles. The smallest absolute Gasteiger partial charge is 0.272 e. The van der Waals surface area contributed by atoms with Crippen molar-refractivity contribution in [3.8, 4) is 16.9 Å². The molecule has 4 aromatic rings. The summed E-state index contributed by atoms with van der Waals surface area (Å²) < 4.78 is 1.63. The van der Waals surface area contributed by atoms with Gasteiger partial charge in [0, 0.05) is 30.4 Å². The van der Waals surface area contributed by atoms with Crippen LogP contribution < -0.4 is 16.4 Å². The molecule has 2 aromatic heterocycles. The summed E-state index contributed by atoms with van der Waals surface area (Å²) >= 11 is 12.4. The molecule has 0 radical (unpaired) electrons. The monoisotopic (exact) mass is 616 g/mol. The van der Waals surface area contributed by atoms with Gasteiger partial charge < -0.3 is 16.4 Å². The lowest BCUT2D eigenvalue weighted by Crippen LogP contribution is -2.54. The maximum absolute atomic E-state index is 13.7. The molecule has 2 heterocycles. The third-order valence-electron chi connectivity index (χ3n) is 8.51. The third-order valence-corrected chi connectivity index (χ3v) is 9.25. The van der Waals surface area contributed by atoms with Crippen molar-refractivity contribution in [3.63, 3.8) is 0 Å². The summed E-state index contributed by atoms with van der Waals surface area (Å²) in [6, 6.07) is 18.7. The standard InChI is InChI=1S/C32H30Cl2N6O3/c33-23-11-10-22(15-24(23)34)40-27(21-7-4-12-36-17-21)16-26(39-40)31(42)38-29-20-9-8-19(14-20)28(29)32(43)37-25(30(35)41)13-18-5-2-1-3-6-18/h1-7,10-12,15-17,19-20,25,28-29H,8-9,13-14H2,(H2,35,41)(H,37,43)(H,38,42)/t19?,20?,25?,28?,29-/m1/s1. The first-order valence-electron chi connectivity index (χ1n) is 14.2. The minimum atomic E-state index is -0.852. The highest BCUT2D eigenvalue weighted by Crippen LogP contribution is 2.48. The highest BCUT2D eigenvalue weighted by molar-refractivity contribution is 6.42. The first-order chi connectivity index (χ1) is 20.8. The molecular weight excluding hydrogens is 587 g/mol. The number of fused-ring (bicyclic) bond motifs is 2. The van der Waals surface area contributed by atoms with E-state index in [1.165, 1.54) is 0 Å². The number of hydrogen-bond acceptors (Lipinski definition) is 5. The summed E-state index contributed by atoms with van der Waals surface area (Å²) in [4.78, 5) is 43.8. The van der Waals surface area contributed by atoms with E-state index in [1.807, 2.05) is 36.4 Å². The Bertz CT molecular complexity index is 1660. The second-order valence-corrected chi connectivity index (χ2v) is 12.0. The van der Waals surface area contributed by atoms with Crippen LogP contribution in [0.15, 0.2) is 79.1 Å². The molecule has 2 bridgehead atoms. The van der Waals surface area contributed by atoms with Crippen LogP contribution in [0.1, 0.15) is 35.3 Å². The number of carbonyl (C=O) groups is 3. The Morgan fingerprint density at radius 3 is 2.49 bits per heavy atom. The van der Waals surface area contributed by atoms with Gasteiger partial charge in [-0.3, -0.25) is 19.4 Å². The minimum Gasteiger partial charge on any atom is -0.368 e. The summed E-state index contributed by atoms with van der Waals surface area (Å²) in [5.74, 6) is -1.47. The van der Waals surface area contributed by atoms with Gasteiger partial charge in [-0.05, 0) is 73.1 Å². The van der Waals surface area contributed by atoms with E-state index < -0.39 is 29.8 Å². The van der Waals surface area contributed by atoms with Crippen molar-refractivity contribution in [2.24, 2.45) is 23.5 Å². The zero-order valence-corrected chi connectivity index (χ0v) is 24.6. The molecule has 2 aliphatic rings. The van der Waals surface area contributed by atoms with Crippen molar-refractivity contribution in [3.05, 3.63) is 100 Å². The number of nitrogens with zero attached hydrogens (tertiary/aromatic N) is 3. The van der Waals surface area contributed by atoms with E-state index in [9.17, 15) is 14.4 Å². The maximum Gasteiger partial charge on any atom is 0.272 e. The Balaban J connectivity index is 1.25. The number of benzene rings is 2. The first-order valence-corrected chi connectivity index (χ1v) is 14.9. The normalized spacial score (nSPS) is 21.3. The van der Waals surface area contributed by atoms with Crippen molar-refractivity contribution in [2.45, 2.75) is 37.8 Å². The highest BCUT2D eigenvalue weighted by Gasteiger charge is 2.52. The molecule has 9 nitrogen and oxygen atoms in total. The fraction of sp³-hybridized carbons (Fsp3) is 0.281. The number of amides is 3. The van der Waals surface area contributed by atoms with Crippen LogP contribution in [0.4, 0.5) is 0 Å². The topological polar surface area (TPSA) is 132 Å². The molecule has 5 atom stereocenters. The molecule has 2 saturated carbocycles. The first kappa shape index (κ1) is 28.9. The Morgan fingerprint density at radius 1 is 0.977 bits per heavy atom. The van der Waals surface area contributed by atoms with Gasteiger partial charge in [-0.15, -0.1) is 0 Å². The van der Waals surface area contributed by atoms with Crippen LogP contribution in [-0.2, 0) is 16.0 Å². The van der Waals surface area contributed by atoms with E-state index in [0.717, 1.165) is 30.4 Å². The van der Waals surface area contributed by atoms with Crippen molar-refractivity contribution in [2.75, 3.05) is 0 Å². The van der Waals surface area contributed by atoms with Crippen molar-refractivity contribution >= 4 is 40.9 Å². The lowest BCUT2D eigenvalue weighted by Gasteiger charge is -2.31. The quantitative estimate of drug-likeness (QED) is 0.253. The van der Waals surface area contributed by atoms with Gasteiger partial charge in [0.25, 0.3) is 5.91 Å². The SMILES string of the molecule is NC(=O)C(Cc1ccccc1)NC(=O)C1C2CCC(C2)[C@H]1NC(=O)c1cc(-c2cccnc2)n(-c2ccc(Cl)c(Cl)c2)n1. The lowest BCUT2D eigenvalue weighted by molar-refractivity contribution is -0.131. The maximum atomic E-state index is 13.7. The molecule has 4 N–H and O–H groups in total. The number of halogens is 2. The Morgan fingerprint density at radius 2 is 1.77 bits per heavy atom. The molecule has 4 unspecified atom stereocenters. The Kier molecular flexibility index (Phi) is 8.19. The molecule has 2 fully saturated rings. The molecule has 43 heavy (non-hydrogen) atoms. The molecule has 3 amide bonds. The van der Waals surface area contributed by atoms with Crippen molar-refractivity contribution < 1.29 is 14.4 Å². The second-order valence-electron chi connectivity index (χ2n) is 11.2. The molecule has 6 rings (SSSR count). The number of nitrogens with two attached hydrogens (primary N) is 1. The predicted molar refractivity (Wildman–Crippen MR) is 164 cm³/mol. The number of rotatable bonds is 9. The Labute approximate surface area is 258 Å². The summed E-state index contributed by atoms with van der Waals surface area (Å²) in [6.45, 7) is 0. The fourth-order valence-corrected chi connectivity index (χ4v) is 6.76. The summed E-state index contributed by atoms with van der Waals surface area (Å²) in [6.07, 6.45) is 6.30.